The molecular weight excluding hydrogens is 438 g/mol. The Morgan fingerprint density at radius 1 is 1.26 bits per heavy atom. The molecule has 170 valence electrons. The zero-order valence-corrected chi connectivity index (χ0v) is 17.9. The van der Waals surface area contributed by atoms with E-state index in [2.05, 4.69) is 0 Å². The number of halogens is 5. The highest BCUT2D eigenvalue weighted by Crippen LogP contribution is 2.45. The van der Waals surface area contributed by atoms with Gasteiger partial charge in [0.05, 0.1) is 18.6 Å². The molecule has 1 atom stereocenters. The van der Waals surface area contributed by atoms with E-state index in [1.807, 2.05) is 6.07 Å². The van der Waals surface area contributed by atoms with Crippen molar-refractivity contribution in [3.8, 4) is 16.9 Å². The summed E-state index contributed by atoms with van der Waals surface area (Å²) in [4.78, 5) is 11.7. The number of nitrogens with two attached hydrogens (primary N) is 1. The molecule has 1 aliphatic carbocycles. The average Bonchev–Trinajstić information content (AvgIpc) is 3.46. The van der Waals surface area contributed by atoms with Crippen molar-refractivity contribution in [2.45, 2.75) is 51.2 Å². The van der Waals surface area contributed by atoms with Crippen molar-refractivity contribution in [2.24, 2.45) is 5.73 Å². The molecule has 1 saturated carbocycles. The maximum atomic E-state index is 14.7. The van der Waals surface area contributed by atoms with Gasteiger partial charge < -0.3 is 15.6 Å². The maximum absolute atomic E-state index is 14.7. The van der Waals surface area contributed by atoms with Gasteiger partial charge >= 0.3 is 12.1 Å². The Hall–Kier alpha value is -2.32. The number of hydrogen-bond donors (Lipinski definition) is 2. The Morgan fingerprint density at radius 2 is 1.90 bits per heavy atom. The number of carbonyl (C=O) groups excluding carboxylic acids is 1. The molecule has 2 aromatic rings. The standard InChI is InChI=1S/C22H23F4NO3.ClH/c1-3-30-19(29)10-17(27)15-7-14(8-16(21(15)23)22(24,25)26)20-11(2)6-13(9-18(20)28)12-4-5-12;/h6-9,12,17,28H,3-5,10,27H2,1-2H3;1H/t17-;/m0./s1. The summed E-state index contributed by atoms with van der Waals surface area (Å²) in [6, 6.07) is 3.84. The Labute approximate surface area is 183 Å². The summed E-state index contributed by atoms with van der Waals surface area (Å²) in [6.07, 6.45) is -3.45. The molecule has 4 nitrogen and oxygen atoms in total. The molecule has 0 spiro atoms. The maximum Gasteiger partial charge on any atom is 0.419 e. The largest absolute Gasteiger partial charge is 0.507 e. The van der Waals surface area contributed by atoms with Crippen molar-refractivity contribution in [1.29, 1.82) is 0 Å². The summed E-state index contributed by atoms with van der Waals surface area (Å²) < 4.78 is 60.0. The molecular formula is C22H24ClF4NO3. The molecule has 1 aliphatic rings. The van der Waals surface area contributed by atoms with E-state index in [0.29, 0.717) is 17.5 Å². The summed E-state index contributed by atoms with van der Waals surface area (Å²) in [6.45, 7) is 3.32. The van der Waals surface area contributed by atoms with Crippen LogP contribution in [-0.4, -0.2) is 17.7 Å². The fraction of sp³-hybridized carbons (Fsp3) is 0.409. The molecule has 1 fully saturated rings. The van der Waals surface area contributed by atoms with Crippen molar-refractivity contribution in [1.82, 2.24) is 0 Å². The van der Waals surface area contributed by atoms with Gasteiger partial charge in [0.2, 0.25) is 0 Å². The fourth-order valence-electron chi connectivity index (χ4n) is 3.60. The van der Waals surface area contributed by atoms with E-state index < -0.39 is 41.6 Å². The number of carbonyl (C=O) groups is 1. The van der Waals surface area contributed by atoms with Crippen LogP contribution in [-0.2, 0) is 15.7 Å². The highest BCUT2D eigenvalue weighted by molar-refractivity contribution is 5.85. The van der Waals surface area contributed by atoms with Gasteiger partial charge in [-0.05, 0) is 67.5 Å². The summed E-state index contributed by atoms with van der Waals surface area (Å²) in [5.74, 6) is -2.11. The third-order valence-electron chi connectivity index (χ3n) is 5.17. The van der Waals surface area contributed by atoms with Gasteiger partial charge in [0.15, 0.2) is 0 Å². The number of aryl methyl sites for hydroxylation is 1. The average molecular weight is 462 g/mol. The van der Waals surface area contributed by atoms with Crippen LogP contribution in [0.4, 0.5) is 17.6 Å². The minimum atomic E-state index is -4.98. The van der Waals surface area contributed by atoms with Gasteiger partial charge in [-0.1, -0.05) is 6.07 Å². The smallest absolute Gasteiger partial charge is 0.419 e. The predicted octanol–water partition coefficient (Wildman–Crippen LogP) is 5.78. The topological polar surface area (TPSA) is 72.5 Å². The number of ether oxygens (including phenoxy) is 1. The van der Waals surface area contributed by atoms with Crippen LogP contribution in [0.5, 0.6) is 5.75 Å². The van der Waals surface area contributed by atoms with E-state index in [-0.39, 0.29) is 35.9 Å². The minimum Gasteiger partial charge on any atom is -0.507 e. The molecule has 0 heterocycles. The van der Waals surface area contributed by atoms with E-state index in [1.54, 1.807) is 13.8 Å². The quantitative estimate of drug-likeness (QED) is 0.422. The molecule has 3 rings (SSSR count). The van der Waals surface area contributed by atoms with Gasteiger partial charge in [0.25, 0.3) is 0 Å². The van der Waals surface area contributed by atoms with Gasteiger partial charge in [-0.3, -0.25) is 4.79 Å². The predicted molar refractivity (Wildman–Crippen MR) is 111 cm³/mol. The first-order valence-corrected chi connectivity index (χ1v) is 9.68. The van der Waals surface area contributed by atoms with Crippen LogP contribution >= 0.6 is 12.4 Å². The van der Waals surface area contributed by atoms with Crippen LogP contribution in [0.1, 0.15) is 60.4 Å². The van der Waals surface area contributed by atoms with Crippen LogP contribution < -0.4 is 5.73 Å². The number of benzene rings is 2. The lowest BCUT2D eigenvalue weighted by molar-refractivity contribution is -0.143. The lowest BCUT2D eigenvalue weighted by Gasteiger charge is -2.20. The Balaban J connectivity index is 0.00000341. The fourth-order valence-corrected chi connectivity index (χ4v) is 3.60. The second-order valence-corrected chi connectivity index (χ2v) is 7.55. The van der Waals surface area contributed by atoms with Crippen LogP contribution in [0, 0.1) is 12.7 Å². The lowest BCUT2D eigenvalue weighted by Crippen LogP contribution is -2.20. The normalized spacial score (nSPS) is 14.7. The Morgan fingerprint density at radius 3 is 2.42 bits per heavy atom. The molecule has 9 heteroatoms. The Kier molecular flexibility index (Phi) is 7.60. The number of aromatic hydroxyl groups is 1. The number of alkyl halides is 3. The monoisotopic (exact) mass is 461 g/mol. The van der Waals surface area contributed by atoms with Crippen LogP contribution in [0.15, 0.2) is 24.3 Å². The van der Waals surface area contributed by atoms with Crippen LogP contribution in [0.25, 0.3) is 11.1 Å². The van der Waals surface area contributed by atoms with Crippen LogP contribution in [0.2, 0.25) is 0 Å². The summed E-state index contributed by atoms with van der Waals surface area (Å²) in [5, 5.41) is 10.5. The molecule has 0 aliphatic heterocycles. The highest BCUT2D eigenvalue weighted by atomic mass is 35.5. The molecule has 31 heavy (non-hydrogen) atoms. The van der Waals surface area contributed by atoms with Crippen LogP contribution in [0.3, 0.4) is 0 Å². The summed E-state index contributed by atoms with van der Waals surface area (Å²) >= 11 is 0. The zero-order valence-electron chi connectivity index (χ0n) is 17.1. The first kappa shape index (κ1) is 24.9. The van der Waals surface area contributed by atoms with Gasteiger partial charge in [0, 0.05) is 17.2 Å². The molecule has 0 saturated heterocycles. The third-order valence-corrected chi connectivity index (χ3v) is 5.17. The van der Waals surface area contributed by atoms with Crippen molar-refractivity contribution in [3.05, 3.63) is 52.3 Å². The van der Waals surface area contributed by atoms with Crippen molar-refractivity contribution < 1.29 is 32.2 Å². The summed E-state index contributed by atoms with van der Waals surface area (Å²) in [7, 11) is 0. The second-order valence-electron chi connectivity index (χ2n) is 7.55. The number of phenolic OH excluding ortho intramolecular Hbond substituents is 1. The van der Waals surface area contributed by atoms with Gasteiger partial charge in [0.1, 0.15) is 11.6 Å². The summed E-state index contributed by atoms with van der Waals surface area (Å²) in [5.41, 5.74) is 5.55. The number of esters is 1. The van der Waals surface area contributed by atoms with Crippen molar-refractivity contribution in [3.63, 3.8) is 0 Å². The minimum absolute atomic E-state index is 0. The molecule has 0 amide bonds. The van der Waals surface area contributed by atoms with E-state index >= 15 is 0 Å². The number of phenols is 1. The van der Waals surface area contributed by atoms with E-state index in [0.717, 1.165) is 24.5 Å². The van der Waals surface area contributed by atoms with Crippen molar-refractivity contribution >= 4 is 18.4 Å². The molecule has 0 aromatic heterocycles. The lowest BCUT2D eigenvalue weighted by atomic mass is 9.90. The van der Waals surface area contributed by atoms with Gasteiger partial charge in [-0.2, -0.15) is 13.2 Å². The molecule has 0 bridgehead atoms. The van der Waals surface area contributed by atoms with E-state index in [4.69, 9.17) is 10.5 Å². The molecule has 0 radical (unpaired) electrons. The molecule has 0 unspecified atom stereocenters. The SMILES string of the molecule is CCOC(=O)C[C@H](N)c1cc(-c2c(C)cc(C3CC3)cc2O)cc(C(F)(F)F)c1F.Cl. The van der Waals surface area contributed by atoms with Gasteiger partial charge in [-0.25, -0.2) is 4.39 Å². The number of hydrogen-bond acceptors (Lipinski definition) is 4. The second kappa shape index (κ2) is 9.44. The zero-order chi connectivity index (χ0) is 22.2. The third kappa shape index (κ3) is 5.49. The number of rotatable bonds is 6. The van der Waals surface area contributed by atoms with Gasteiger partial charge in [-0.15, -0.1) is 12.4 Å². The molecule has 2 aromatic carbocycles. The first-order chi connectivity index (χ1) is 14.0. The van der Waals surface area contributed by atoms with E-state index in [9.17, 15) is 27.5 Å². The molecule has 3 N–H and O–H groups in total. The first-order valence-electron chi connectivity index (χ1n) is 9.68. The highest BCUT2D eigenvalue weighted by Gasteiger charge is 2.37. The van der Waals surface area contributed by atoms with Crippen molar-refractivity contribution in [2.75, 3.05) is 6.61 Å². The van der Waals surface area contributed by atoms with E-state index in [1.165, 1.54) is 6.07 Å². The Bertz CT molecular complexity index is 951.